The normalized spacial score (nSPS) is 10.5. The first-order chi connectivity index (χ1) is 14.4. The van der Waals surface area contributed by atoms with Crippen molar-refractivity contribution in [2.45, 2.75) is 6.92 Å². The summed E-state index contributed by atoms with van der Waals surface area (Å²) in [5.74, 6) is 0.121. The zero-order valence-corrected chi connectivity index (χ0v) is 17.5. The van der Waals surface area contributed by atoms with E-state index in [0.29, 0.717) is 17.1 Å². The molecular formula is C22H22N4O3S. The zero-order valence-electron chi connectivity index (χ0n) is 16.7. The summed E-state index contributed by atoms with van der Waals surface area (Å²) in [6, 6.07) is 14.2. The van der Waals surface area contributed by atoms with Crippen molar-refractivity contribution in [1.29, 1.82) is 0 Å². The van der Waals surface area contributed by atoms with Crippen LogP contribution in [0.5, 0.6) is 0 Å². The van der Waals surface area contributed by atoms with E-state index in [-0.39, 0.29) is 29.1 Å². The van der Waals surface area contributed by atoms with Gasteiger partial charge in [-0.05, 0) is 43.3 Å². The largest absolute Gasteiger partial charge is 0.331 e. The fourth-order valence-corrected chi connectivity index (χ4v) is 3.30. The van der Waals surface area contributed by atoms with E-state index in [1.807, 2.05) is 31.2 Å². The molecule has 0 saturated carbocycles. The molecule has 0 bridgehead atoms. The molecule has 7 nitrogen and oxygen atoms in total. The number of nitrogens with zero attached hydrogens (tertiary/aromatic N) is 2. The average molecular weight is 423 g/mol. The summed E-state index contributed by atoms with van der Waals surface area (Å²) in [6.07, 6.45) is 3.28. The van der Waals surface area contributed by atoms with Crippen molar-refractivity contribution in [2.75, 3.05) is 22.1 Å². The highest BCUT2D eigenvalue weighted by Crippen LogP contribution is 2.14. The fraction of sp³-hybridized carbons (Fsp3) is 0.182. The standard InChI is InChI=1S/C22H22N4O3S/c1-15-3-7-17(8-4-15)24-19(27)13-30-14-20(28)25-18-9-5-16(6-10-18)21(29)22-23-11-12-26(22)2/h3-12H,13-14H2,1-2H3,(H,24,27)(H,25,28). The number of hydrogen-bond donors (Lipinski definition) is 2. The van der Waals surface area contributed by atoms with E-state index < -0.39 is 0 Å². The summed E-state index contributed by atoms with van der Waals surface area (Å²) in [4.78, 5) is 40.5. The highest BCUT2D eigenvalue weighted by Gasteiger charge is 2.14. The molecule has 0 atom stereocenters. The van der Waals surface area contributed by atoms with Gasteiger partial charge in [-0.25, -0.2) is 4.98 Å². The molecule has 8 heteroatoms. The van der Waals surface area contributed by atoms with Crippen molar-refractivity contribution < 1.29 is 14.4 Å². The van der Waals surface area contributed by atoms with Crippen molar-refractivity contribution >= 4 is 40.7 Å². The molecule has 1 heterocycles. The number of hydrogen-bond acceptors (Lipinski definition) is 5. The van der Waals surface area contributed by atoms with E-state index in [2.05, 4.69) is 15.6 Å². The molecule has 0 aliphatic heterocycles. The molecule has 2 aromatic carbocycles. The van der Waals surface area contributed by atoms with Crippen molar-refractivity contribution in [3.8, 4) is 0 Å². The number of carbonyl (C=O) groups is 3. The monoisotopic (exact) mass is 422 g/mol. The molecule has 1 aromatic heterocycles. The Morgan fingerprint density at radius 2 is 1.43 bits per heavy atom. The maximum atomic E-state index is 12.4. The Balaban J connectivity index is 1.43. The molecule has 0 unspecified atom stereocenters. The summed E-state index contributed by atoms with van der Waals surface area (Å²) < 4.78 is 1.66. The number of rotatable bonds is 8. The molecular weight excluding hydrogens is 400 g/mol. The Labute approximate surface area is 178 Å². The summed E-state index contributed by atoms with van der Waals surface area (Å²) in [5.41, 5.74) is 2.93. The molecule has 2 amide bonds. The number of aromatic nitrogens is 2. The maximum absolute atomic E-state index is 12.4. The number of benzene rings is 2. The highest BCUT2D eigenvalue weighted by molar-refractivity contribution is 8.00. The van der Waals surface area contributed by atoms with Gasteiger partial charge in [0.05, 0.1) is 11.5 Å². The van der Waals surface area contributed by atoms with Crippen LogP contribution in [0.4, 0.5) is 11.4 Å². The Kier molecular flexibility index (Phi) is 7.03. The molecule has 3 rings (SSSR count). The van der Waals surface area contributed by atoms with Crippen molar-refractivity contribution in [2.24, 2.45) is 7.05 Å². The molecule has 0 fully saturated rings. The van der Waals surface area contributed by atoms with E-state index in [9.17, 15) is 14.4 Å². The molecule has 0 saturated heterocycles. The third kappa shape index (κ3) is 5.81. The molecule has 2 N–H and O–H groups in total. The van der Waals surface area contributed by atoms with Crippen LogP contribution in [-0.2, 0) is 16.6 Å². The van der Waals surface area contributed by atoms with Crippen LogP contribution < -0.4 is 10.6 Å². The van der Waals surface area contributed by atoms with Crippen LogP contribution in [0.3, 0.4) is 0 Å². The van der Waals surface area contributed by atoms with Crippen LogP contribution in [0.25, 0.3) is 0 Å². The second kappa shape index (κ2) is 9.89. The van der Waals surface area contributed by atoms with Gasteiger partial charge in [-0.15, -0.1) is 11.8 Å². The summed E-state index contributed by atoms with van der Waals surface area (Å²) in [6.45, 7) is 1.98. The molecule has 0 spiro atoms. The highest BCUT2D eigenvalue weighted by atomic mass is 32.2. The third-order valence-electron chi connectivity index (χ3n) is 4.26. The van der Waals surface area contributed by atoms with E-state index in [1.165, 1.54) is 11.8 Å². The first-order valence-electron chi connectivity index (χ1n) is 9.28. The van der Waals surface area contributed by atoms with Crippen LogP contribution in [0.2, 0.25) is 0 Å². The second-order valence-corrected chi connectivity index (χ2v) is 7.71. The fourth-order valence-electron chi connectivity index (χ4n) is 2.69. The van der Waals surface area contributed by atoms with Crippen molar-refractivity contribution in [3.63, 3.8) is 0 Å². The lowest BCUT2D eigenvalue weighted by atomic mass is 10.1. The smallest absolute Gasteiger partial charge is 0.234 e. The van der Waals surface area contributed by atoms with E-state index >= 15 is 0 Å². The minimum Gasteiger partial charge on any atom is -0.331 e. The number of nitrogens with one attached hydrogen (secondary N) is 2. The second-order valence-electron chi connectivity index (χ2n) is 6.72. The van der Waals surface area contributed by atoms with Gasteiger partial charge in [-0.2, -0.15) is 0 Å². The van der Waals surface area contributed by atoms with Gasteiger partial charge in [0.25, 0.3) is 0 Å². The number of aryl methyl sites for hydroxylation is 2. The number of carbonyl (C=O) groups excluding carboxylic acids is 3. The predicted molar refractivity (Wildman–Crippen MR) is 119 cm³/mol. The molecule has 30 heavy (non-hydrogen) atoms. The van der Waals surface area contributed by atoms with Gasteiger partial charge in [0.2, 0.25) is 17.6 Å². The lowest BCUT2D eigenvalue weighted by molar-refractivity contribution is -0.114. The van der Waals surface area contributed by atoms with E-state index in [1.54, 1.807) is 48.3 Å². The van der Waals surface area contributed by atoms with Gasteiger partial charge in [-0.3, -0.25) is 14.4 Å². The van der Waals surface area contributed by atoms with Gasteiger partial charge in [0.1, 0.15) is 0 Å². The van der Waals surface area contributed by atoms with Crippen molar-refractivity contribution in [1.82, 2.24) is 9.55 Å². The van der Waals surface area contributed by atoms with Crippen LogP contribution in [0, 0.1) is 6.92 Å². The lowest BCUT2D eigenvalue weighted by Gasteiger charge is -2.07. The van der Waals surface area contributed by atoms with Gasteiger partial charge >= 0.3 is 0 Å². The first kappa shape index (κ1) is 21.3. The van der Waals surface area contributed by atoms with Crippen molar-refractivity contribution in [3.05, 3.63) is 77.9 Å². The lowest BCUT2D eigenvalue weighted by Crippen LogP contribution is -2.18. The van der Waals surface area contributed by atoms with Gasteiger partial charge in [-0.1, -0.05) is 17.7 Å². The minimum atomic E-state index is -0.216. The number of thioether (sulfide) groups is 1. The minimum absolute atomic E-state index is 0.148. The summed E-state index contributed by atoms with van der Waals surface area (Å²) in [7, 11) is 1.76. The summed E-state index contributed by atoms with van der Waals surface area (Å²) in [5, 5.41) is 5.55. The Morgan fingerprint density at radius 3 is 1.93 bits per heavy atom. The number of amides is 2. The molecule has 154 valence electrons. The SMILES string of the molecule is Cc1ccc(NC(=O)CSCC(=O)Nc2ccc(C(=O)c3nccn3C)cc2)cc1. The maximum Gasteiger partial charge on any atom is 0.234 e. The van der Waals surface area contributed by atoms with Crippen LogP contribution in [-0.4, -0.2) is 38.7 Å². The average Bonchev–Trinajstić information content (AvgIpc) is 3.15. The zero-order chi connectivity index (χ0) is 21.5. The van der Waals surface area contributed by atoms with Gasteiger partial charge < -0.3 is 15.2 Å². The molecule has 0 aliphatic carbocycles. The topological polar surface area (TPSA) is 93.1 Å². The van der Waals surface area contributed by atoms with Crippen LogP contribution in [0.1, 0.15) is 21.7 Å². The number of anilines is 2. The Bertz CT molecular complexity index is 1040. The third-order valence-corrected chi connectivity index (χ3v) is 5.19. The molecule has 0 radical (unpaired) electrons. The Morgan fingerprint density at radius 1 is 0.900 bits per heavy atom. The number of ketones is 1. The Hall–Kier alpha value is -3.39. The quantitative estimate of drug-likeness (QED) is 0.544. The summed E-state index contributed by atoms with van der Waals surface area (Å²) >= 11 is 1.23. The number of imidazole rings is 1. The predicted octanol–water partition coefficient (Wildman–Crippen LogP) is 3.27. The molecule has 0 aliphatic rings. The van der Waals surface area contributed by atoms with Crippen LogP contribution in [0.15, 0.2) is 60.9 Å². The van der Waals surface area contributed by atoms with Crippen LogP contribution >= 0.6 is 11.8 Å². The van der Waals surface area contributed by atoms with E-state index in [4.69, 9.17) is 0 Å². The van der Waals surface area contributed by atoms with Gasteiger partial charge in [0.15, 0.2) is 5.82 Å². The first-order valence-corrected chi connectivity index (χ1v) is 10.4. The van der Waals surface area contributed by atoms with Gasteiger partial charge in [0, 0.05) is 36.4 Å². The van der Waals surface area contributed by atoms with E-state index in [0.717, 1.165) is 11.3 Å². The molecule has 3 aromatic rings.